The third-order valence-corrected chi connectivity index (χ3v) is 5.92. The summed E-state index contributed by atoms with van der Waals surface area (Å²) in [6.07, 6.45) is -0.957. The number of fused-ring (bicyclic) bond motifs is 1. The minimum Gasteiger partial charge on any atom is -0.493 e. The Kier molecular flexibility index (Phi) is 6.16. The van der Waals surface area contributed by atoms with Gasteiger partial charge < -0.3 is 19.5 Å². The summed E-state index contributed by atoms with van der Waals surface area (Å²) < 4.78 is 41.6. The largest absolute Gasteiger partial charge is 0.493 e. The minimum absolute atomic E-state index is 0.125. The quantitative estimate of drug-likeness (QED) is 0.612. The van der Waals surface area contributed by atoms with Crippen LogP contribution < -0.4 is 19.5 Å². The molecule has 0 saturated carbocycles. The van der Waals surface area contributed by atoms with E-state index in [0.717, 1.165) is 6.92 Å². The molecule has 2 amide bonds. The van der Waals surface area contributed by atoms with E-state index in [2.05, 4.69) is 5.32 Å². The predicted molar refractivity (Wildman–Crippen MR) is 108 cm³/mol. The maximum atomic E-state index is 12.5. The van der Waals surface area contributed by atoms with Crippen LogP contribution in [0.25, 0.3) is 0 Å². The molecule has 0 fully saturated rings. The molecule has 1 heterocycles. The number of carbonyl (C=O) groups excluding carboxylic acids is 3. The van der Waals surface area contributed by atoms with Crippen molar-refractivity contribution in [1.29, 1.82) is 0 Å². The maximum absolute atomic E-state index is 12.5. The van der Waals surface area contributed by atoms with E-state index >= 15 is 0 Å². The number of sulfonamides is 1. The molecule has 2 aromatic carbocycles. The predicted octanol–water partition coefficient (Wildman–Crippen LogP) is 1.77. The molecule has 2 N–H and O–H groups in total. The number of ether oxygens (including phenoxy) is 3. The first-order valence-corrected chi connectivity index (χ1v) is 10.5. The second-order valence-corrected chi connectivity index (χ2v) is 8.28. The normalized spacial score (nSPS) is 14.9. The third kappa shape index (κ3) is 4.61. The molecule has 0 saturated heterocycles. The lowest BCUT2D eigenvalue weighted by Crippen LogP contribution is -2.28. The molecule has 0 radical (unpaired) electrons. The number of nitrogens with one attached hydrogen (secondary N) is 2. The number of methoxy groups -OCH3 is 2. The van der Waals surface area contributed by atoms with Crippen LogP contribution in [0.5, 0.6) is 11.5 Å². The third-order valence-electron chi connectivity index (χ3n) is 4.48. The molecular weight excluding hydrogens is 428 g/mol. The van der Waals surface area contributed by atoms with Gasteiger partial charge in [-0.25, -0.2) is 17.9 Å². The summed E-state index contributed by atoms with van der Waals surface area (Å²) in [4.78, 5) is 35.6. The van der Waals surface area contributed by atoms with Gasteiger partial charge in [0.15, 0.2) is 11.5 Å². The van der Waals surface area contributed by atoms with Gasteiger partial charge in [0.05, 0.1) is 25.5 Å². The lowest BCUT2D eigenvalue weighted by atomic mass is 10.0. The molecule has 0 aliphatic carbocycles. The van der Waals surface area contributed by atoms with E-state index in [-0.39, 0.29) is 22.6 Å². The maximum Gasteiger partial charge on any atom is 0.343 e. The standard InChI is InChI=1S/C20H20N2O8S/c1-11(23)22-31(26,27)13-6-4-12(5-7-13)21-17(24)10-16-14-8-9-15(28-2)19(29-3)18(14)20(25)30-16/h4-9,16H,10H2,1-3H3,(H,21,24)(H,22,23)/t16-/m0/s1. The van der Waals surface area contributed by atoms with Crippen LogP contribution in [0.2, 0.25) is 0 Å². The molecule has 0 aromatic heterocycles. The molecule has 1 aliphatic rings. The smallest absolute Gasteiger partial charge is 0.343 e. The molecular formula is C20H20N2O8S. The van der Waals surface area contributed by atoms with Gasteiger partial charge in [-0.05, 0) is 30.3 Å². The van der Waals surface area contributed by atoms with Crippen molar-refractivity contribution in [2.75, 3.05) is 19.5 Å². The zero-order chi connectivity index (χ0) is 22.8. The van der Waals surface area contributed by atoms with Gasteiger partial charge in [-0.2, -0.15) is 0 Å². The van der Waals surface area contributed by atoms with Crippen LogP contribution in [0.4, 0.5) is 5.69 Å². The van der Waals surface area contributed by atoms with E-state index in [4.69, 9.17) is 14.2 Å². The molecule has 0 bridgehead atoms. The number of anilines is 1. The first-order chi connectivity index (χ1) is 14.7. The monoisotopic (exact) mass is 448 g/mol. The summed E-state index contributed by atoms with van der Waals surface area (Å²) >= 11 is 0. The molecule has 2 aromatic rings. The van der Waals surface area contributed by atoms with Crippen LogP contribution in [-0.2, 0) is 24.3 Å². The van der Waals surface area contributed by atoms with Gasteiger partial charge in [-0.15, -0.1) is 0 Å². The average molecular weight is 448 g/mol. The molecule has 1 atom stereocenters. The fourth-order valence-corrected chi connectivity index (χ4v) is 4.16. The Hall–Kier alpha value is -3.60. The van der Waals surface area contributed by atoms with Crippen LogP contribution in [0.15, 0.2) is 41.3 Å². The lowest BCUT2D eigenvalue weighted by Gasteiger charge is -2.13. The Balaban J connectivity index is 1.72. The number of cyclic esters (lactones) is 1. The Morgan fingerprint density at radius 3 is 2.32 bits per heavy atom. The van der Waals surface area contributed by atoms with Gasteiger partial charge in [0.25, 0.3) is 10.0 Å². The number of benzene rings is 2. The van der Waals surface area contributed by atoms with Crippen molar-refractivity contribution >= 4 is 33.5 Å². The number of esters is 1. The second kappa shape index (κ2) is 8.64. The van der Waals surface area contributed by atoms with Gasteiger partial charge in [0.1, 0.15) is 11.7 Å². The number of amides is 2. The Labute approximate surface area is 178 Å². The SMILES string of the molecule is COc1ccc2c(c1OC)C(=O)O[C@H]2CC(=O)Nc1ccc(S(=O)(=O)NC(C)=O)cc1. The molecule has 11 heteroatoms. The summed E-state index contributed by atoms with van der Waals surface area (Å²) in [5.74, 6) is -1.16. The van der Waals surface area contributed by atoms with E-state index < -0.39 is 33.9 Å². The highest BCUT2D eigenvalue weighted by Gasteiger charge is 2.36. The average Bonchev–Trinajstić information content (AvgIpc) is 3.02. The molecule has 1 aliphatic heterocycles. The summed E-state index contributed by atoms with van der Waals surface area (Å²) in [7, 11) is -1.12. The van der Waals surface area contributed by atoms with Gasteiger partial charge in [-0.1, -0.05) is 6.07 Å². The van der Waals surface area contributed by atoms with E-state index in [1.54, 1.807) is 12.1 Å². The van der Waals surface area contributed by atoms with Crippen molar-refractivity contribution in [3.8, 4) is 11.5 Å². The molecule has 31 heavy (non-hydrogen) atoms. The van der Waals surface area contributed by atoms with Gasteiger partial charge in [-0.3, -0.25) is 9.59 Å². The summed E-state index contributed by atoms with van der Waals surface area (Å²) in [6.45, 7) is 1.09. The molecule has 3 rings (SSSR count). The first-order valence-electron chi connectivity index (χ1n) is 9.05. The van der Waals surface area contributed by atoms with Crippen molar-refractivity contribution in [1.82, 2.24) is 4.72 Å². The van der Waals surface area contributed by atoms with Crippen LogP contribution >= 0.6 is 0 Å². The highest BCUT2D eigenvalue weighted by atomic mass is 32.2. The number of rotatable bonds is 7. The van der Waals surface area contributed by atoms with E-state index in [1.165, 1.54) is 38.5 Å². The van der Waals surface area contributed by atoms with Crippen LogP contribution in [0.3, 0.4) is 0 Å². The van der Waals surface area contributed by atoms with Crippen molar-refractivity contribution in [3.63, 3.8) is 0 Å². The number of carbonyl (C=O) groups is 3. The van der Waals surface area contributed by atoms with Gasteiger partial charge in [0, 0.05) is 18.2 Å². The van der Waals surface area contributed by atoms with E-state index in [1.807, 2.05) is 4.72 Å². The van der Waals surface area contributed by atoms with Gasteiger partial charge >= 0.3 is 5.97 Å². The summed E-state index contributed by atoms with van der Waals surface area (Å²) in [5, 5.41) is 2.62. The van der Waals surface area contributed by atoms with E-state index in [0.29, 0.717) is 17.0 Å². The second-order valence-electron chi connectivity index (χ2n) is 6.60. The molecule has 0 unspecified atom stereocenters. The summed E-state index contributed by atoms with van der Waals surface area (Å²) in [6, 6.07) is 8.54. The zero-order valence-corrected chi connectivity index (χ0v) is 17.7. The minimum atomic E-state index is -3.97. The Morgan fingerprint density at radius 1 is 1.06 bits per heavy atom. The number of hydrogen-bond acceptors (Lipinski definition) is 8. The highest BCUT2D eigenvalue weighted by Crippen LogP contribution is 2.43. The molecule has 164 valence electrons. The topological polar surface area (TPSA) is 137 Å². The fourth-order valence-electron chi connectivity index (χ4n) is 3.17. The van der Waals surface area contributed by atoms with Crippen molar-refractivity contribution in [2.24, 2.45) is 0 Å². The Bertz CT molecular complexity index is 1140. The molecule has 10 nitrogen and oxygen atoms in total. The number of hydrogen-bond donors (Lipinski definition) is 2. The highest BCUT2D eigenvalue weighted by molar-refractivity contribution is 7.90. The van der Waals surface area contributed by atoms with E-state index in [9.17, 15) is 22.8 Å². The lowest BCUT2D eigenvalue weighted by molar-refractivity contribution is -0.118. The van der Waals surface area contributed by atoms with Crippen molar-refractivity contribution in [3.05, 3.63) is 47.5 Å². The molecule has 0 spiro atoms. The van der Waals surface area contributed by atoms with Gasteiger partial charge in [0.2, 0.25) is 11.8 Å². The van der Waals surface area contributed by atoms with Crippen LogP contribution in [0, 0.1) is 0 Å². The van der Waals surface area contributed by atoms with Crippen LogP contribution in [-0.4, -0.2) is 40.4 Å². The van der Waals surface area contributed by atoms with Crippen molar-refractivity contribution in [2.45, 2.75) is 24.3 Å². The van der Waals surface area contributed by atoms with Crippen LogP contribution in [0.1, 0.15) is 35.4 Å². The first kappa shape index (κ1) is 22.1. The van der Waals surface area contributed by atoms with Crippen molar-refractivity contribution < 1.29 is 37.0 Å². The summed E-state index contributed by atoms with van der Waals surface area (Å²) in [5.41, 5.74) is 1.06. The fraction of sp³-hybridized carbons (Fsp3) is 0.250. The zero-order valence-electron chi connectivity index (χ0n) is 16.9. The Morgan fingerprint density at radius 2 is 1.74 bits per heavy atom.